The average Bonchev–Trinajstić information content (AvgIpc) is 2.48. The van der Waals surface area contributed by atoms with Crippen LogP contribution in [-0.4, -0.2) is 16.1 Å². The first-order chi connectivity index (χ1) is 10.1. The van der Waals surface area contributed by atoms with Crippen LogP contribution in [0.3, 0.4) is 0 Å². The van der Waals surface area contributed by atoms with Gasteiger partial charge >= 0.3 is 5.97 Å². The fraction of sp³-hybridized carbons (Fsp3) is 0.0588. The van der Waals surface area contributed by atoms with Crippen LogP contribution < -0.4 is 5.56 Å². The summed E-state index contributed by atoms with van der Waals surface area (Å²) in [7, 11) is 0. The van der Waals surface area contributed by atoms with Crippen LogP contribution in [0.25, 0.3) is 22.0 Å². The van der Waals surface area contributed by atoms with Crippen molar-refractivity contribution in [3.63, 3.8) is 0 Å². The van der Waals surface area contributed by atoms with E-state index in [0.29, 0.717) is 5.69 Å². The third-order valence-electron chi connectivity index (χ3n) is 3.41. The number of fused-ring (bicyclic) bond motifs is 1. The molecule has 1 heterocycles. The zero-order valence-electron chi connectivity index (χ0n) is 11.2. The zero-order valence-corrected chi connectivity index (χ0v) is 11.2. The summed E-state index contributed by atoms with van der Waals surface area (Å²) in [6.07, 6.45) is -0.273. The molecule has 0 bridgehead atoms. The number of H-pyrrole nitrogens is 1. The minimum absolute atomic E-state index is 0.256. The third-order valence-corrected chi connectivity index (χ3v) is 3.41. The van der Waals surface area contributed by atoms with E-state index in [1.165, 1.54) is 0 Å². The highest BCUT2D eigenvalue weighted by molar-refractivity contribution is 5.95. The number of aliphatic carboxylic acids is 1. The van der Waals surface area contributed by atoms with E-state index in [4.69, 9.17) is 5.11 Å². The predicted molar refractivity (Wildman–Crippen MR) is 81.3 cm³/mol. The van der Waals surface area contributed by atoms with Crippen LogP contribution in [0.15, 0.2) is 59.4 Å². The summed E-state index contributed by atoms with van der Waals surface area (Å²) < 4.78 is 0. The van der Waals surface area contributed by atoms with Gasteiger partial charge in [0.05, 0.1) is 6.42 Å². The number of aromatic amines is 1. The molecule has 3 rings (SSSR count). The molecule has 2 N–H and O–H groups in total. The summed E-state index contributed by atoms with van der Waals surface area (Å²) in [4.78, 5) is 25.4. The Balaban J connectivity index is 2.13. The molecular formula is C17H13NO3. The summed E-state index contributed by atoms with van der Waals surface area (Å²) in [5.74, 6) is -1.02. The molecule has 0 radical (unpaired) electrons. The van der Waals surface area contributed by atoms with Crippen LogP contribution in [0.2, 0.25) is 0 Å². The van der Waals surface area contributed by atoms with Gasteiger partial charge in [-0.05, 0) is 16.8 Å². The summed E-state index contributed by atoms with van der Waals surface area (Å²) in [5, 5.41) is 10.9. The van der Waals surface area contributed by atoms with Crippen LogP contribution in [0.4, 0.5) is 0 Å². The maximum absolute atomic E-state index is 12.0. The van der Waals surface area contributed by atoms with Crippen molar-refractivity contribution < 1.29 is 9.90 Å². The molecule has 0 aliphatic heterocycles. The third kappa shape index (κ3) is 2.56. The maximum Gasteiger partial charge on any atom is 0.308 e. The molecule has 0 aliphatic rings. The lowest BCUT2D eigenvalue weighted by Gasteiger charge is -2.07. The Morgan fingerprint density at radius 1 is 1.00 bits per heavy atom. The molecule has 4 nitrogen and oxygen atoms in total. The topological polar surface area (TPSA) is 70.2 Å². The predicted octanol–water partition coefficient (Wildman–Crippen LogP) is 2.82. The van der Waals surface area contributed by atoms with E-state index in [0.717, 1.165) is 16.3 Å². The van der Waals surface area contributed by atoms with Crippen molar-refractivity contribution in [2.45, 2.75) is 6.42 Å². The highest BCUT2D eigenvalue weighted by atomic mass is 16.4. The Hall–Kier alpha value is -2.88. The Kier molecular flexibility index (Phi) is 3.28. The number of nitrogens with one attached hydrogen (secondary N) is 1. The second-order valence-corrected chi connectivity index (χ2v) is 4.82. The average molecular weight is 279 g/mol. The van der Waals surface area contributed by atoms with Gasteiger partial charge < -0.3 is 10.1 Å². The quantitative estimate of drug-likeness (QED) is 0.774. The molecular weight excluding hydrogens is 266 g/mol. The summed E-state index contributed by atoms with van der Waals surface area (Å²) in [5.41, 5.74) is 1.51. The molecule has 0 amide bonds. The summed E-state index contributed by atoms with van der Waals surface area (Å²) in [6, 6.07) is 17.1. The van der Waals surface area contributed by atoms with Gasteiger partial charge in [0.1, 0.15) is 0 Å². The van der Waals surface area contributed by atoms with E-state index < -0.39 is 5.97 Å². The van der Waals surface area contributed by atoms with Gasteiger partial charge in [0.25, 0.3) is 5.56 Å². The number of aromatic nitrogens is 1. The first kappa shape index (κ1) is 13.1. The monoisotopic (exact) mass is 279 g/mol. The fourth-order valence-electron chi connectivity index (χ4n) is 2.42. The molecule has 0 atom stereocenters. The van der Waals surface area contributed by atoms with Crippen LogP contribution in [0, 0.1) is 0 Å². The van der Waals surface area contributed by atoms with Crippen molar-refractivity contribution in [2.24, 2.45) is 0 Å². The van der Waals surface area contributed by atoms with Crippen molar-refractivity contribution in [3.05, 3.63) is 70.5 Å². The first-order valence-electron chi connectivity index (χ1n) is 6.57. The number of rotatable bonds is 3. The van der Waals surface area contributed by atoms with Crippen molar-refractivity contribution in [2.75, 3.05) is 0 Å². The van der Waals surface area contributed by atoms with Gasteiger partial charge in [-0.25, -0.2) is 0 Å². The van der Waals surface area contributed by atoms with Gasteiger partial charge in [-0.1, -0.05) is 48.5 Å². The Morgan fingerprint density at radius 2 is 1.76 bits per heavy atom. The molecule has 1 aromatic heterocycles. The Morgan fingerprint density at radius 3 is 2.52 bits per heavy atom. The number of carboxylic acid groups (broad SMARTS) is 1. The van der Waals surface area contributed by atoms with Gasteiger partial charge in [-0.3, -0.25) is 9.59 Å². The molecule has 0 saturated heterocycles. The van der Waals surface area contributed by atoms with E-state index in [9.17, 15) is 9.59 Å². The van der Waals surface area contributed by atoms with Crippen molar-refractivity contribution in [1.82, 2.24) is 4.98 Å². The molecule has 0 fully saturated rings. The molecule has 104 valence electrons. The minimum Gasteiger partial charge on any atom is -0.481 e. The molecule has 0 saturated carbocycles. The number of pyridine rings is 1. The number of benzene rings is 2. The largest absolute Gasteiger partial charge is 0.481 e. The van der Waals surface area contributed by atoms with Gasteiger partial charge in [0.15, 0.2) is 0 Å². The molecule has 3 aromatic rings. The second kappa shape index (κ2) is 5.25. The van der Waals surface area contributed by atoms with Crippen LogP contribution in [0.1, 0.15) is 5.56 Å². The highest BCUT2D eigenvalue weighted by Gasteiger charge is 2.08. The van der Waals surface area contributed by atoms with Crippen molar-refractivity contribution >= 4 is 16.7 Å². The SMILES string of the molecule is O=C(O)Cc1ccc(-c2cccc3ccccc23)[nH]c1=O. The van der Waals surface area contributed by atoms with Gasteiger partial charge in [0, 0.05) is 16.8 Å². The number of carbonyl (C=O) groups is 1. The zero-order chi connectivity index (χ0) is 14.8. The normalized spacial score (nSPS) is 10.7. The number of hydrogen-bond acceptors (Lipinski definition) is 2. The molecule has 4 heteroatoms. The molecule has 21 heavy (non-hydrogen) atoms. The number of carboxylic acids is 1. The van der Waals surface area contributed by atoms with Gasteiger partial charge in [0.2, 0.25) is 0 Å². The standard InChI is InChI=1S/C17H13NO3/c19-16(20)10-12-8-9-15(18-17(12)21)14-7-3-5-11-4-1-2-6-13(11)14/h1-9H,10H2,(H,18,21)(H,19,20). The van der Waals surface area contributed by atoms with E-state index in [1.54, 1.807) is 12.1 Å². The lowest BCUT2D eigenvalue weighted by Crippen LogP contribution is -2.16. The smallest absolute Gasteiger partial charge is 0.308 e. The van der Waals surface area contributed by atoms with E-state index in [2.05, 4.69) is 4.98 Å². The molecule has 0 spiro atoms. The Bertz CT molecular complexity index is 875. The van der Waals surface area contributed by atoms with Gasteiger partial charge in [-0.15, -0.1) is 0 Å². The summed E-state index contributed by atoms with van der Waals surface area (Å²) in [6.45, 7) is 0. The van der Waals surface area contributed by atoms with Gasteiger partial charge in [-0.2, -0.15) is 0 Å². The Labute approximate surface area is 120 Å². The molecule has 2 aromatic carbocycles. The minimum atomic E-state index is -1.02. The van der Waals surface area contributed by atoms with E-state index in [1.807, 2.05) is 42.5 Å². The number of hydrogen-bond donors (Lipinski definition) is 2. The second-order valence-electron chi connectivity index (χ2n) is 4.82. The lowest BCUT2D eigenvalue weighted by molar-refractivity contribution is -0.136. The lowest BCUT2D eigenvalue weighted by atomic mass is 10.0. The van der Waals surface area contributed by atoms with Crippen LogP contribution in [0.5, 0.6) is 0 Å². The van der Waals surface area contributed by atoms with Crippen LogP contribution in [-0.2, 0) is 11.2 Å². The highest BCUT2D eigenvalue weighted by Crippen LogP contribution is 2.26. The van der Waals surface area contributed by atoms with Crippen LogP contribution >= 0.6 is 0 Å². The molecule has 0 unspecified atom stereocenters. The van der Waals surface area contributed by atoms with E-state index >= 15 is 0 Å². The maximum atomic E-state index is 12.0. The van der Waals surface area contributed by atoms with Crippen molar-refractivity contribution in [1.29, 1.82) is 0 Å². The van der Waals surface area contributed by atoms with Crippen molar-refractivity contribution in [3.8, 4) is 11.3 Å². The fourth-order valence-corrected chi connectivity index (χ4v) is 2.42. The first-order valence-corrected chi connectivity index (χ1v) is 6.57. The summed E-state index contributed by atoms with van der Waals surface area (Å²) >= 11 is 0. The molecule has 0 aliphatic carbocycles. The van der Waals surface area contributed by atoms with E-state index in [-0.39, 0.29) is 17.5 Å².